The predicted molar refractivity (Wildman–Crippen MR) is 76.3 cm³/mol. The van der Waals surface area contributed by atoms with E-state index in [1.165, 1.54) is 6.07 Å². The summed E-state index contributed by atoms with van der Waals surface area (Å²) in [7, 11) is 0. The maximum absolute atomic E-state index is 13.8. The average molecular weight is 287 g/mol. The van der Waals surface area contributed by atoms with Crippen molar-refractivity contribution in [1.82, 2.24) is 15.0 Å². The number of piperidine rings is 2. The molecule has 2 saturated heterocycles. The van der Waals surface area contributed by atoms with Crippen LogP contribution in [0.25, 0.3) is 11.4 Å². The first-order valence-electron chi connectivity index (χ1n) is 7.58. The summed E-state index contributed by atoms with van der Waals surface area (Å²) in [6.07, 6.45) is 4.50. The van der Waals surface area contributed by atoms with Gasteiger partial charge in [0.1, 0.15) is 5.82 Å². The zero-order valence-electron chi connectivity index (χ0n) is 11.9. The second-order valence-electron chi connectivity index (χ2n) is 6.17. The van der Waals surface area contributed by atoms with Gasteiger partial charge >= 0.3 is 0 Å². The van der Waals surface area contributed by atoms with Crippen LogP contribution in [-0.4, -0.2) is 34.7 Å². The van der Waals surface area contributed by atoms with Crippen LogP contribution in [0.5, 0.6) is 0 Å². The summed E-state index contributed by atoms with van der Waals surface area (Å²) in [6, 6.07) is 6.57. The lowest BCUT2D eigenvalue weighted by Gasteiger charge is -2.44. The lowest BCUT2D eigenvalue weighted by Crippen LogP contribution is -2.50. The fourth-order valence-electron chi connectivity index (χ4n) is 3.74. The third-order valence-electron chi connectivity index (χ3n) is 4.78. The van der Waals surface area contributed by atoms with E-state index in [9.17, 15) is 4.39 Å². The first kappa shape index (κ1) is 13.0. The van der Waals surface area contributed by atoms with E-state index in [2.05, 4.69) is 15.0 Å². The second kappa shape index (κ2) is 4.91. The van der Waals surface area contributed by atoms with Crippen LogP contribution in [-0.2, 0) is 5.41 Å². The molecule has 4 nitrogen and oxygen atoms in total. The molecule has 5 heteroatoms. The van der Waals surface area contributed by atoms with Gasteiger partial charge in [0.05, 0.1) is 11.0 Å². The predicted octanol–water partition coefficient (Wildman–Crippen LogP) is 3.00. The second-order valence-corrected chi connectivity index (χ2v) is 6.17. The normalized spacial score (nSPS) is 28.5. The number of hydrogen-bond donors (Lipinski definition) is 0. The van der Waals surface area contributed by atoms with Gasteiger partial charge in [-0.05, 0) is 50.9 Å². The molecule has 2 bridgehead atoms. The first-order chi connectivity index (χ1) is 10.3. The molecule has 2 fully saturated rings. The van der Waals surface area contributed by atoms with Crippen LogP contribution in [0.4, 0.5) is 4.39 Å². The van der Waals surface area contributed by atoms with Crippen LogP contribution in [0.2, 0.25) is 0 Å². The summed E-state index contributed by atoms with van der Waals surface area (Å²) in [5, 5.41) is 4.02. The van der Waals surface area contributed by atoms with E-state index in [-0.39, 0.29) is 11.2 Å². The van der Waals surface area contributed by atoms with Crippen molar-refractivity contribution >= 4 is 0 Å². The summed E-state index contributed by atoms with van der Waals surface area (Å²) in [4.78, 5) is 7.00. The smallest absolute Gasteiger partial charge is 0.234 e. The minimum Gasteiger partial charge on any atom is -0.338 e. The van der Waals surface area contributed by atoms with Crippen molar-refractivity contribution in [3.8, 4) is 11.4 Å². The Morgan fingerprint density at radius 2 is 1.90 bits per heavy atom. The van der Waals surface area contributed by atoms with Crippen LogP contribution in [0.3, 0.4) is 0 Å². The van der Waals surface area contributed by atoms with Gasteiger partial charge in [0.2, 0.25) is 11.7 Å². The molecular weight excluding hydrogens is 269 g/mol. The van der Waals surface area contributed by atoms with Gasteiger partial charge in [0.25, 0.3) is 0 Å². The largest absolute Gasteiger partial charge is 0.338 e. The SMILES string of the molecule is Fc1ccccc1-c1noc(C23CCCN(CCC2)C3)n1. The van der Waals surface area contributed by atoms with Gasteiger partial charge in [-0.15, -0.1) is 0 Å². The average Bonchev–Trinajstić information content (AvgIpc) is 2.98. The molecule has 0 N–H and O–H groups in total. The molecule has 0 spiro atoms. The number of halogens is 1. The Kier molecular flexibility index (Phi) is 3.03. The number of rotatable bonds is 2. The molecule has 1 aromatic carbocycles. The Labute approximate surface area is 123 Å². The van der Waals surface area contributed by atoms with Crippen molar-refractivity contribution in [2.45, 2.75) is 31.1 Å². The third kappa shape index (κ3) is 2.16. The van der Waals surface area contributed by atoms with Crippen molar-refractivity contribution in [1.29, 1.82) is 0 Å². The van der Waals surface area contributed by atoms with Crippen molar-refractivity contribution in [3.63, 3.8) is 0 Å². The Morgan fingerprint density at radius 1 is 1.14 bits per heavy atom. The molecule has 0 saturated carbocycles. The van der Waals surface area contributed by atoms with E-state index in [0.29, 0.717) is 17.3 Å². The minimum atomic E-state index is -0.309. The quantitative estimate of drug-likeness (QED) is 0.851. The molecule has 2 aliphatic rings. The first-order valence-corrected chi connectivity index (χ1v) is 7.58. The number of fused-ring (bicyclic) bond motifs is 2. The van der Waals surface area contributed by atoms with Crippen molar-refractivity contribution in [2.75, 3.05) is 19.6 Å². The lowest BCUT2D eigenvalue weighted by molar-refractivity contribution is 0.0711. The molecule has 1 aromatic heterocycles. The van der Waals surface area contributed by atoms with Gasteiger partial charge in [0.15, 0.2) is 0 Å². The zero-order valence-corrected chi connectivity index (χ0v) is 11.9. The molecule has 0 amide bonds. The third-order valence-corrected chi connectivity index (χ3v) is 4.78. The highest BCUT2D eigenvalue weighted by molar-refractivity contribution is 5.55. The molecule has 0 aliphatic carbocycles. The monoisotopic (exact) mass is 287 g/mol. The Morgan fingerprint density at radius 3 is 2.67 bits per heavy atom. The maximum atomic E-state index is 13.8. The molecule has 2 aromatic rings. The summed E-state index contributed by atoms with van der Waals surface area (Å²) < 4.78 is 19.4. The van der Waals surface area contributed by atoms with E-state index in [1.54, 1.807) is 18.2 Å². The van der Waals surface area contributed by atoms with E-state index in [0.717, 1.165) is 45.3 Å². The fraction of sp³-hybridized carbons (Fsp3) is 0.500. The topological polar surface area (TPSA) is 42.2 Å². The van der Waals surface area contributed by atoms with Gasteiger partial charge < -0.3 is 9.42 Å². The fourth-order valence-corrected chi connectivity index (χ4v) is 3.74. The van der Waals surface area contributed by atoms with E-state index in [4.69, 9.17) is 4.52 Å². The van der Waals surface area contributed by atoms with Crippen LogP contribution in [0, 0.1) is 5.82 Å². The van der Waals surface area contributed by atoms with Crippen LogP contribution in [0.15, 0.2) is 28.8 Å². The number of aromatic nitrogens is 2. The van der Waals surface area contributed by atoms with Crippen LogP contribution >= 0.6 is 0 Å². The highest BCUT2D eigenvalue weighted by Crippen LogP contribution is 2.41. The van der Waals surface area contributed by atoms with E-state index >= 15 is 0 Å². The van der Waals surface area contributed by atoms with Gasteiger partial charge in [-0.3, -0.25) is 0 Å². The molecule has 21 heavy (non-hydrogen) atoms. The molecular formula is C16H18FN3O. The van der Waals surface area contributed by atoms with Crippen molar-refractivity contribution < 1.29 is 8.91 Å². The van der Waals surface area contributed by atoms with Gasteiger partial charge in [0, 0.05) is 6.54 Å². The standard InChI is InChI=1S/C16H18FN3O/c17-13-6-2-1-5-12(13)14-18-15(21-19-14)16-7-3-9-20(11-16)10-4-8-16/h1-2,5-6H,3-4,7-11H2. The van der Waals surface area contributed by atoms with Crippen molar-refractivity contribution in [2.24, 2.45) is 0 Å². The summed E-state index contributed by atoms with van der Waals surface area (Å²) in [5.41, 5.74) is 0.389. The highest BCUT2D eigenvalue weighted by atomic mass is 19.1. The van der Waals surface area contributed by atoms with E-state index in [1.807, 2.05) is 0 Å². The minimum absolute atomic E-state index is 0.0208. The van der Waals surface area contributed by atoms with Gasteiger partial charge in [-0.1, -0.05) is 17.3 Å². The molecule has 2 aliphatic heterocycles. The molecule has 0 radical (unpaired) electrons. The summed E-state index contributed by atoms with van der Waals surface area (Å²) in [5.74, 6) is 0.738. The van der Waals surface area contributed by atoms with Crippen LogP contribution < -0.4 is 0 Å². The molecule has 0 atom stereocenters. The molecule has 3 heterocycles. The number of hydrogen-bond acceptors (Lipinski definition) is 4. The Hall–Kier alpha value is -1.75. The van der Waals surface area contributed by atoms with Gasteiger partial charge in [-0.25, -0.2) is 4.39 Å². The van der Waals surface area contributed by atoms with Gasteiger partial charge in [-0.2, -0.15) is 4.98 Å². The summed E-state index contributed by atoms with van der Waals surface area (Å²) >= 11 is 0. The van der Waals surface area contributed by atoms with Crippen LogP contribution in [0.1, 0.15) is 31.6 Å². The Bertz CT molecular complexity index is 644. The summed E-state index contributed by atoms with van der Waals surface area (Å²) in [6.45, 7) is 3.32. The maximum Gasteiger partial charge on any atom is 0.234 e. The van der Waals surface area contributed by atoms with E-state index < -0.39 is 0 Å². The molecule has 0 unspecified atom stereocenters. The number of nitrogens with zero attached hydrogens (tertiary/aromatic N) is 3. The Balaban J connectivity index is 1.70. The number of benzene rings is 1. The lowest BCUT2D eigenvalue weighted by atomic mass is 9.73. The highest BCUT2D eigenvalue weighted by Gasteiger charge is 2.44. The molecule has 110 valence electrons. The zero-order chi connectivity index (χ0) is 14.3. The van der Waals surface area contributed by atoms with Crippen molar-refractivity contribution in [3.05, 3.63) is 36.0 Å². The molecule has 4 rings (SSSR count).